The normalized spacial score (nSPS) is 30.6. The average Bonchev–Trinajstić information content (AvgIpc) is 2.50. The fraction of sp³-hybridized carbons (Fsp3) is 0.700. The van der Waals surface area contributed by atoms with Gasteiger partial charge in [0.1, 0.15) is 6.04 Å². The molecule has 88 valence electrons. The Balaban J connectivity index is 1.96. The van der Waals surface area contributed by atoms with Gasteiger partial charge in [0.05, 0.1) is 6.42 Å². The van der Waals surface area contributed by atoms with Crippen LogP contribution < -0.4 is 5.32 Å². The number of carbonyl (C=O) groups is 2. The number of nitrogens with one attached hydrogen (secondary N) is 1. The zero-order chi connectivity index (χ0) is 11.7. The number of imide groups is 1. The highest BCUT2D eigenvalue weighted by molar-refractivity contribution is 8.13. The molecule has 1 N–H and O–H groups in total. The van der Waals surface area contributed by atoms with Gasteiger partial charge in [-0.15, -0.1) is 0 Å². The fourth-order valence-electron chi connectivity index (χ4n) is 1.66. The first kappa shape index (κ1) is 11.4. The smallest absolute Gasteiger partial charge is 0.251 e. The summed E-state index contributed by atoms with van der Waals surface area (Å²) in [5, 5.41) is 3.84. The van der Waals surface area contributed by atoms with Gasteiger partial charge in [0, 0.05) is 19.3 Å². The molecule has 5 nitrogen and oxygen atoms in total. The maximum absolute atomic E-state index is 11.6. The van der Waals surface area contributed by atoms with Crippen molar-refractivity contribution in [3.8, 4) is 0 Å². The van der Waals surface area contributed by atoms with Crippen molar-refractivity contribution in [3.05, 3.63) is 0 Å². The molecule has 1 fully saturated rings. The molecule has 2 rings (SSSR count). The Labute approximate surface area is 98.7 Å². The molecule has 2 aliphatic heterocycles. The zero-order valence-corrected chi connectivity index (χ0v) is 10.2. The molecule has 0 aromatic rings. The topological polar surface area (TPSA) is 61.8 Å². The second-order valence-corrected chi connectivity index (χ2v) is 5.26. The minimum atomic E-state index is -0.419. The van der Waals surface area contributed by atoms with Crippen molar-refractivity contribution < 1.29 is 9.59 Å². The van der Waals surface area contributed by atoms with E-state index in [-0.39, 0.29) is 18.2 Å². The fourth-order valence-corrected chi connectivity index (χ4v) is 2.60. The van der Waals surface area contributed by atoms with Crippen molar-refractivity contribution >= 4 is 28.7 Å². The van der Waals surface area contributed by atoms with Gasteiger partial charge in [0.15, 0.2) is 5.17 Å². The largest absolute Gasteiger partial charge is 0.353 e. The molecule has 0 bridgehead atoms. The Morgan fingerprint density at radius 3 is 2.75 bits per heavy atom. The molecule has 2 amide bonds. The molecule has 2 unspecified atom stereocenters. The molecule has 2 aliphatic rings. The van der Waals surface area contributed by atoms with Crippen LogP contribution in [0.25, 0.3) is 0 Å². The van der Waals surface area contributed by atoms with Crippen LogP contribution in [0.2, 0.25) is 0 Å². The predicted molar refractivity (Wildman–Crippen MR) is 63.2 cm³/mol. The van der Waals surface area contributed by atoms with E-state index in [1.54, 1.807) is 11.8 Å². The van der Waals surface area contributed by atoms with Crippen molar-refractivity contribution in [1.82, 2.24) is 10.2 Å². The Bertz CT molecular complexity index is 356. The summed E-state index contributed by atoms with van der Waals surface area (Å²) in [5.74, 6) is 1.31. The minimum Gasteiger partial charge on any atom is -0.353 e. The van der Waals surface area contributed by atoms with Crippen LogP contribution in [0.4, 0.5) is 0 Å². The van der Waals surface area contributed by atoms with E-state index in [9.17, 15) is 9.59 Å². The van der Waals surface area contributed by atoms with Gasteiger partial charge in [-0.25, -0.2) is 0 Å². The van der Waals surface area contributed by atoms with Crippen molar-refractivity contribution in [1.29, 1.82) is 0 Å². The number of carbonyl (C=O) groups excluding carboxylic acids is 2. The highest BCUT2D eigenvalue weighted by Crippen LogP contribution is 2.18. The third-order valence-electron chi connectivity index (χ3n) is 2.73. The first-order chi connectivity index (χ1) is 7.58. The van der Waals surface area contributed by atoms with Crippen LogP contribution >= 0.6 is 11.8 Å². The summed E-state index contributed by atoms with van der Waals surface area (Å²) in [4.78, 5) is 28.5. The highest BCUT2D eigenvalue weighted by atomic mass is 32.2. The first-order valence-electron chi connectivity index (χ1n) is 5.32. The molecular formula is C10H15N3O2S. The summed E-state index contributed by atoms with van der Waals surface area (Å²) >= 11 is 1.62. The van der Waals surface area contributed by atoms with Gasteiger partial charge in [-0.05, 0) is 5.92 Å². The van der Waals surface area contributed by atoms with Crippen LogP contribution in [0.5, 0.6) is 0 Å². The minimum absolute atomic E-state index is 0.128. The number of likely N-dealkylation sites (N-methyl/N-ethyl adjacent to an activating group) is 1. The van der Waals surface area contributed by atoms with Crippen LogP contribution in [0.3, 0.4) is 0 Å². The number of hydrogen-bond donors (Lipinski definition) is 1. The maximum Gasteiger partial charge on any atom is 0.251 e. The van der Waals surface area contributed by atoms with Gasteiger partial charge < -0.3 is 5.32 Å². The number of amides is 2. The lowest BCUT2D eigenvalue weighted by molar-refractivity contribution is -0.137. The predicted octanol–water partition coefficient (Wildman–Crippen LogP) is 0.0722. The number of rotatable bonds is 1. The molecule has 2 atom stereocenters. The van der Waals surface area contributed by atoms with E-state index in [0.29, 0.717) is 5.92 Å². The van der Waals surface area contributed by atoms with E-state index in [1.165, 1.54) is 11.9 Å². The molecule has 0 aliphatic carbocycles. The van der Waals surface area contributed by atoms with Crippen LogP contribution in [0, 0.1) is 5.92 Å². The molecular weight excluding hydrogens is 226 g/mol. The summed E-state index contributed by atoms with van der Waals surface area (Å²) in [6.45, 7) is 2.94. The molecule has 0 aromatic heterocycles. The van der Waals surface area contributed by atoms with Crippen molar-refractivity contribution in [2.75, 3.05) is 19.3 Å². The zero-order valence-electron chi connectivity index (χ0n) is 9.40. The summed E-state index contributed by atoms with van der Waals surface area (Å²) < 4.78 is 0. The third-order valence-corrected chi connectivity index (χ3v) is 3.99. The lowest BCUT2D eigenvalue weighted by atomic mass is 10.2. The van der Waals surface area contributed by atoms with Crippen molar-refractivity contribution in [3.63, 3.8) is 0 Å². The lowest BCUT2D eigenvalue weighted by Crippen LogP contribution is -2.40. The number of nitrogens with zero attached hydrogens (tertiary/aromatic N) is 2. The van der Waals surface area contributed by atoms with Crippen LogP contribution in [-0.2, 0) is 9.59 Å². The number of amidine groups is 1. The summed E-state index contributed by atoms with van der Waals surface area (Å²) in [7, 11) is 1.52. The Morgan fingerprint density at radius 1 is 1.50 bits per heavy atom. The standard InChI is InChI=1S/C10H15N3O2S/c1-6-4-11-10(16-5-6)12-7-3-8(14)13(2)9(7)15/h6-7H,3-5H2,1-2H3,(H,11,12). The number of hydrogen-bond acceptors (Lipinski definition) is 5. The molecule has 6 heteroatoms. The van der Waals surface area contributed by atoms with Crippen LogP contribution in [0.15, 0.2) is 4.99 Å². The van der Waals surface area contributed by atoms with Crippen molar-refractivity contribution in [2.24, 2.45) is 10.9 Å². The average molecular weight is 241 g/mol. The molecule has 0 spiro atoms. The van der Waals surface area contributed by atoms with Gasteiger partial charge in [-0.2, -0.15) is 0 Å². The first-order valence-corrected chi connectivity index (χ1v) is 6.30. The third kappa shape index (κ3) is 2.21. The van der Waals surface area contributed by atoms with E-state index in [2.05, 4.69) is 17.2 Å². The van der Waals surface area contributed by atoms with Crippen LogP contribution in [-0.4, -0.2) is 47.3 Å². The number of aliphatic imine (C=N–C) groups is 1. The number of likely N-dealkylation sites (tertiary alicyclic amines) is 1. The van der Waals surface area contributed by atoms with Gasteiger partial charge >= 0.3 is 0 Å². The highest BCUT2D eigenvalue weighted by Gasteiger charge is 2.36. The van der Waals surface area contributed by atoms with Gasteiger partial charge in [-0.3, -0.25) is 19.5 Å². The van der Waals surface area contributed by atoms with Crippen molar-refractivity contribution in [2.45, 2.75) is 19.4 Å². The monoisotopic (exact) mass is 241 g/mol. The Morgan fingerprint density at radius 2 is 2.25 bits per heavy atom. The Kier molecular flexibility index (Phi) is 3.18. The van der Waals surface area contributed by atoms with E-state index in [4.69, 9.17) is 0 Å². The lowest BCUT2D eigenvalue weighted by Gasteiger charge is -2.20. The second-order valence-electron chi connectivity index (χ2n) is 4.25. The molecule has 0 aromatic carbocycles. The van der Waals surface area contributed by atoms with Gasteiger partial charge in [0.25, 0.3) is 5.91 Å². The van der Waals surface area contributed by atoms with E-state index in [1.807, 2.05) is 0 Å². The van der Waals surface area contributed by atoms with E-state index < -0.39 is 6.04 Å². The molecule has 1 saturated heterocycles. The summed E-state index contributed by atoms with van der Waals surface area (Å²) in [5.41, 5.74) is 0. The van der Waals surface area contributed by atoms with E-state index in [0.717, 1.165) is 17.5 Å². The SMILES string of the molecule is CC1CN=C(NC2CC(=O)N(C)C2=O)SC1. The quantitative estimate of drug-likeness (QED) is 0.660. The second kappa shape index (κ2) is 4.45. The van der Waals surface area contributed by atoms with Gasteiger partial charge in [0.2, 0.25) is 5.91 Å². The molecule has 2 heterocycles. The summed E-state index contributed by atoms with van der Waals surface area (Å²) in [6, 6.07) is -0.419. The molecule has 0 saturated carbocycles. The van der Waals surface area contributed by atoms with E-state index >= 15 is 0 Å². The molecule has 16 heavy (non-hydrogen) atoms. The Hall–Kier alpha value is -1.04. The van der Waals surface area contributed by atoms with Gasteiger partial charge in [-0.1, -0.05) is 18.7 Å². The summed E-state index contributed by atoms with van der Waals surface area (Å²) in [6.07, 6.45) is 0.241. The molecule has 0 radical (unpaired) electrons. The maximum atomic E-state index is 11.6. The number of thioether (sulfide) groups is 1. The van der Waals surface area contributed by atoms with Crippen LogP contribution in [0.1, 0.15) is 13.3 Å².